The highest BCUT2D eigenvalue weighted by Gasteiger charge is 2.26. The third-order valence-corrected chi connectivity index (χ3v) is 2.67. The number of carboxylic acid groups (broad SMARTS) is 1. The first-order valence-corrected chi connectivity index (χ1v) is 4.63. The predicted octanol–water partition coefficient (Wildman–Crippen LogP) is 0.321. The quantitative estimate of drug-likeness (QED) is 0.700. The van der Waals surface area contributed by atoms with Gasteiger partial charge in [0, 0.05) is 17.5 Å². The molecule has 0 bridgehead atoms. The van der Waals surface area contributed by atoms with Crippen molar-refractivity contribution in [2.45, 2.75) is 32.3 Å². The van der Waals surface area contributed by atoms with Crippen LogP contribution in [0.1, 0.15) is 46.4 Å². The summed E-state index contributed by atoms with van der Waals surface area (Å²) in [6.45, 7) is 1.64. The molecule has 1 aliphatic carbocycles. The molecule has 0 fully saturated rings. The van der Waals surface area contributed by atoms with E-state index < -0.39 is 12.1 Å². The molecule has 1 aromatic heterocycles. The van der Waals surface area contributed by atoms with Crippen molar-refractivity contribution in [3.63, 3.8) is 0 Å². The fourth-order valence-corrected chi connectivity index (χ4v) is 2.00. The molecule has 76 valence electrons. The number of fused-ring (bicyclic) bond motifs is 1. The Morgan fingerprint density at radius 3 is 2.93 bits per heavy atom. The lowest BCUT2D eigenvalue weighted by molar-refractivity contribution is -0.257. The molecule has 1 aromatic rings. The number of carboxylic acids is 1. The highest BCUT2D eigenvalue weighted by atomic mass is 16.4. The van der Waals surface area contributed by atoms with Gasteiger partial charge in [0.1, 0.15) is 11.7 Å². The second-order valence-corrected chi connectivity index (χ2v) is 3.59. The predicted molar refractivity (Wildman–Crippen MR) is 45.7 cm³/mol. The van der Waals surface area contributed by atoms with E-state index in [0.29, 0.717) is 29.7 Å². The van der Waals surface area contributed by atoms with E-state index in [1.807, 2.05) is 0 Å². The second-order valence-electron chi connectivity index (χ2n) is 3.59. The van der Waals surface area contributed by atoms with Crippen molar-refractivity contribution in [2.75, 3.05) is 0 Å². The average Bonchev–Trinajstić information content (AvgIpc) is 2.45. The topological polar surface area (TPSA) is 73.5 Å². The van der Waals surface area contributed by atoms with Gasteiger partial charge in [-0.15, -0.1) is 0 Å². The summed E-state index contributed by atoms with van der Waals surface area (Å²) in [4.78, 5) is 10.7. The first kappa shape index (κ1) is 9.27. The summed E-state index contributed by atoms with van der Waals surface area (Å²) in [6.07, 6.45) is 1.60. The maximum Gasteiger partial charge on any atom is 0.153 e. The Kier molecular flexibility index (Phi) is 2.07. The molecular weight excluding hydrogens is 184 g/mol. The summed E-state index contributed by atoms with van der Waals surface area (Å²) in [6, 6.07) is 0. The van der Waals surface area contributed by atoms with E-state index in [1.54, 1.807) is 6.92 Å². The molecule has 4 nitrogen and oxygen atoms in total. The monoisotopic (exact) mass is 195 g/mol. The van der Waals surface area contributed by atoms with Crippen LogP contribution in [0.25, 0.3) is 0 Å². The molecule has 2 rings (SSSR count). The van der Waals surface area contributed by atoms with Gasteiger partial charge in [-0.05, 0) is 19.8 Å². The molecule has 0 radical (unpaired) electrons. The number of hydrogen-bond acceptors (Lipinski definition) is 4. The van der Waals surface area contributed by atoms with E-state index in [9.17, 15) is 15.0 Å². The zero-order valence-corrected chi connectivity index (χ0v) is 7.87. The minimum atomic E-state index is -1.32. The Bertz CT molecular complexity index is 378. The summed E-state index contributed by atoms with van der Waals surface area (Å²) in [5.74, 6) is -0.861. The summed E-state index contributed by atoms with van der Waals surface area (Å²) < 4.78 is 5.15. The van der Waals surface area contributed by atoms with Crippen LogP contribution in [0, 0.1) is 6.92 Å². The lowest BCUT2D eigenvalue weighted by Crippen LogP contribution is -2.22. The lowest BCUT2D eigenvalue weighted by atomic mass is 9.92. The van der Waals surface area contributed by atoms with Crippen LogP contribution in [0.2, 0.25) is 0 Å². The van der Waals surface area contributed by atoms with Crippen molar-refractivity contribution in [3.05, 3.63) is 22.6 Å². The molecule has 0 saturated carbocycles. The van der Waals surface area contributed by atoms with Crippen molar-refractivity contribution in [3.8, 4) is 0 Å². The van der Waals surface area contributed by atoms with E-state index in [4.69, 9.17) is 4.42 Å². The van der Waals surface area contributed by atoms with Crippen molar-refractivity contribution in [1.29, 1.82) is 0 Å². The van der Waals surface area contributed by atoms with Gasteiger partial charge in [0.05, 0.1) is 6.10 Å². The van der Waals surface area contributed by atoms with Gasteiger partial charge in [0.15, 0.2) is 5.76 Å². The molecule has 0 saturated heterocycles. The molecule has 14 heavy (non-hydrogen) atoms. The Hall–Kier alpha value is -1.29. The van der Waals surface area contributed by atoms with Gasteiger partial charge >= 0.3 is 0 Å². The minimum Gasteiger partial charge on any atom is -0.542 e. The number of furan rings is 1. The van der Waals surface area contributed by atoms with Crippen LogP contribution in [-0.2, 0) is 6.42 Å². The van der Waals surface area contributed by atoms with Gasteiger partial charge in [-0.25, -0.2) is 0 Å². The van der Waals surface area contributed by atoms with Crippen LogP contribution in [0.4, 0.5) is 0 Å². The molecule has 1 atom stereocenters. The number of aliphatic hydroxyl groups excluding tert-OH is 1. The van der Waals surface area contributed by atoms with Gasteiger partial charge < -0.3 is 19.4 Å². The number of hydrogen-bond donors (Lipinski definition) is 1. The van der Waals surface area contributed by atoms with Crippen molar-refractivity contribution < 1.29 is 19.4 Å². The van der Waals surface area contributed by atoms with Crippen molar-refractivity contribution in [2.24, 2.45) is 0 Å². The van der Waals surface area contributed by atoms with E-state index in [-0.39, 0.29) is 5.76 Å². The molecule has 0 unspecified atom stereocenters. The Morgan fingerprint density at radius 2 is 2.36 bits per heavy atom. The van der Waals surface area contributed by atoms with E-state index in [1.165, 1.54) is 0 Å². The van der Waals surface area contributed by atoms with E-state index in [0.717, 1.165) is 6.42 Å². The first-order chi connectivity index (χ1) is 6.61. The number of aromatic carboxylic acids is 1. The molecule has 1 N–H and O–H groups in total. The third kappa shape index (κ3) is 1.23. The maximum absolute atomic E-state index is 10.7. The van der Waals surface area contributed by atoms with Crippen LogP contribution < -0.4 is 5.11 Å². The van der Waals surface area contributed by atoms with Crippen LogP contribution in [0.15, 0.2) is 4.42 Å². The van der Waals surface area contributed by atoms with Gasteiger partial charge in [0.2, 0.25) is 0 Å². The minimum absolute atomic E-state index is 0.143. The number of aliphatic hydroxyl groups is 1. The second kappa shape index (κ2) is 3.13. The highest BCUT2D eigenvalue weighted by molar-refractivity contribution is 5.85. The van der Waals surface area contributed by atoms with Crippen LogP contribution >= 0.6 is 0 Å². The van der Waals surface area contributed by atoms with Gasteiger partial charge in [-0.2, -0.15) is 0 Å². The van der Waals surface area contributed by atoms with Crippen molar-refractivity contribution >= 4 is 5.97 Å². The summed E-state index contributed by atoms with van der Waals surface area (Å²) >= 11 is 0. The number of aryl methyl sites for hydroxylation is 1. The van der Waals surface area contributed by atoms with Crippen molar-refractivity contribution in [1.82, 2.24) is 0 Å². The van der Waals surface area contributed by atoms with Crippen LogP contribution in [-0.4, -0.2) is 11.1 Å². The maximum atomic E-state index is 10.7. The molecule has 1 heterocycles. The molecule has 0 aromatic carbocycles. The molecular formula is C10H11O4-. The summed E-state index contributed by atoms with van der Waals surface area (Å²) in [5, 5.41) is 20.3. The van der Waals surface area contributed by atoms with Gasteiger partial charge in [0.25, 0.3) is 0 Å². The summed E-state index contributed by atoms with van der Waals surface area (Å²) in [7, 11) is 0. The normalized spacial score (nSPS) is 20.6. The van der Waals surface area contributed by atoms with Gasteiger partial charge in [-0.3, -0.25) is 0 Å². The third-order valence-electron chi connectivity index (χ3n) is 2.67. The number of carbonyl (C=O) groups is 1. The van der Waals surface area contributed by atoms with Crippen LogP contribution in [0.3, 0.4) is 0 Å². The summed E-state index contributed by atoms with van der Waals surface area (Å²) in [5.41, 5.74) is 1.16. The largest absolute Gasteiger partial charge is 0.542 e. The average molecular weight is 195 g/mol. The smallest absolute Gasteiger partial charge is 0.153 e. The van der Waals surface area contributed by atoms with E-state index in [2.05, 4.69) is 0 Å². The SMILES string of the molecule is Cc1c(C(=O)[O-])oc2c1[C@@H](O)CCC2. The molecule has 4 heteroatoms. The molecule has 0 spiro atoms. The van der Waals surface area contributed by atoms with E-state index >= 15 is 0 Å². The lowest BCUT2D eigenvalue weighted by Gasteiger charge is -2.16. The first-order valence-electron chi connectivity index (χ1n) is 4.63. The number of carbonyl (C=O) groups excluding carboxylic acids is 1. The molecule has 1 aliphatic rings. The fourth-order valence-electron chi connectivity index (χ4n) is 2.00. The fraction of sp³-hybridized carbons (Fsp3) is 0.500. The molecule has 0 amide bonds. The zero-order valence-electron chi connectivity index (χ0n) is 7.87. The van der Waals surface area contributed by atoms with Crippen LogP contribution in [0.5, 0.6) is 0 Å². The highest BCUT2D eigenvalue weighted by Crippen LogP contribution is 2.35. The standard InChI is InChI=1S/C10H12O4/c1-5-8-6(11)3-2-4-7(8)14-9(5)10(12)13/h6,11H,2-4H2,1H3,(H,12,13)/p-1/t6-/m0/s1. The molecule has 0 aliphatic heterocycles. The number of rotatable bonds is 1. The Morgan fingerprint density at radius 1 is 1.64 bits per heavy atom. The van der Waals surface area contributed by atoms with Gasteiger partial charge in [-0.1, -0.05) is 0 Å². The Labute approximate surface area is 81.2 Å². The Balaban J connectivity index is 2.55. The zero-order chi connectivity index (χ0) is 10.3.